The minimum absolute atomic E-state index is 0.350. The first-order chi connectivity index (χ1) is 33.5. The van der Waals surface area contributed by atoms with Gasteiger partial charge < -0.3 is 0 Å². The van der Waals surface area contributed by atoms with Crippen LogP contribution in [0, 0.1) is 77.4 Å². The summed E-state index contributed by atoms with van der Waals surface area (Å²) >= 11 is 0. The van der Waals surface area contributed by atoms with Crippen LogP contribution in [0.4, 0.5) is 0 Å². The van der Waals surface area contributed by atoms with E-state index in [1.165, 1.54) is 175 Å². The molecular weight excluding hydrogens is 829 g/mol. The maximum Gasteiger partial charge on any atom is -0.00213 e. The molecule has 6 atom stereocenters. The minimum atomic E-state index is 0.350. The summed E-state index contributed by atoms with van der Waals surface area (Å²) in [5.74, 6) is 10.5. The van der Waals surface area contributed by atoms with Gasteiger partial charge in [-0.2, -0.15) is 0 Å². The highest BCUT2D eigenvalue weighted by molar-refractivity contribution is 6.24. The van der Waals surface area contributed by atoms with Crippen LogP contribution in [0.3, 0.4) is 0 Å². The predicted octanol–water partition coefficient (Wildman–Crippen LogP) is 17.9. The molecule has 11 aliphatic rings. The van der Waals surface area contributed by atoms with Crippen molar-refractivity contribution in [2.75, 3.05) is 0 Å². The number of aryl methyl sites for hydroxylation is 1. The Balaban J connectivity index is 0.711. The van der Waals surface area contributed by atoms with Gasteiger partial charge in [-0.3, -0.25) is 0 Å². The third-order valence-electron chi connectivity index (χ3n) is 23.8. The highest BCUT2D eigenvalue weighted by Gasteiger charge is 2.58. The van der Waals surface area contributed by atoms with E-state index in [4.69, 9.17) is 0 Å². The molecule has 0 N–H and O–H groups in total. The molecule has 7 aromatic carbocycles. The molecule has 0 aliphatic heterocycles. The van der Waals surface area contributed by atoms with Crippen LogP contribution in [0.1, 0.15) is 170 Å². The van der Waals surface area contributed by atoms with Gasteiger partial charge in [-0.05, 0) is 304 Å². The molecule has 0 radical (unpaired) electrons. The van der Waals surface area contributed by atoms with Crippen molar-refractivity contribution >= 4 is 65.5 Å². The average Bonchev–Trinajstić information content (AvgIpc) is 3.55. The van der Waals surface area contributed by atoms with Crippen molar-refractivity contribution in [3.8, 4) is 0 Å². The van der Waals surface area contributed by atoms with Gasteiger partial charge in [0, 0.05) is 0 Å². The van der Waals surface area contributed by atoms with E-state index in [2.05, 4.69) is 119 Å². The Morgan fingerprint density at radius 2 is 0.986 bits per heavy atom. The van der Waals surface area contributed by atoms with Crippen molar-refractivity contribution in [2.45, 2.75) is 160 Å². The molecule has 11 saturated carbocycles. The normalized spacial score (nSPS) is 38.6. The predicted molar refractivity (Wildman–Crippen MR) is 292 cm³/mol. The maximum atomic E-state index is 4.57. The summed E-state index contributed by atoms with van der Waals surface area (Å²) in [4.78, 5) is 0. The zero-order chi connectivity index (χ0) is 45.9. The van der Waals surface area contributed by atoms with Gasteiger partial charge in [-0.25, -0.2) is 0 Å². The summed E-state index contributed by atoms with van der Waals surface area (Å²) in [6.45, 7) is 14.7. The Morgan fingerprint density at radius 1 is 0.507 bits per heavy atom. The van der Waals surface area contributed by atoms with Crippen LogP contribution in [0.25, 0.3) is 65.5 Å². The molecular formula is C69H76. The number of allylic oxidation sites excluding steroid dienone is 1. The fourth-order valence-electron chi connectivity index (χ4n) is 21.8. The number of benzene rings is 7. The molecule has 11 aliphatic carbocycles. The lowest BCUT2D eigenvalue weighted by Crippen LogP contribution is -2.48. The Labute approximate surface area is 412 Å². The van der Waals surface area contributed by atoms with Crippen LogP contribution in [-0.4, -0.2) is 0 Å². The topological polar surface area (TPSA) is 0 Å². The summed E-state index contributed by atoms with van der Waals surface area (Å²) in [5, 5.41) is 16.6. The van der Waals surface area contributed by atoms with E-state index in [1.54, 1.807) is 32.8 Å². The maximum absolute atomic E-state index is 4.57. The quantitative estimate of drug-likeness (QED) is 0.151. The van der Waals surface area contributed by atoms with Crippen LogP contribution in [0.15, 0.2) is 85.4 Å². The molecule has 11 fully saturated rings. The molecule has 69 heavy (non-hydrogen) atoms. The molecule has 1 unspecified atom stereocenters. The molecule has 0 heteroatoms. The third-order valence-corrected chi connectivity index (χ3v) is 23.8. The van der Waals surface area contributed by atoms with E-state index >= 15 is 0 Å². The van der Waals surface area contributed by atoms with Crippen molar-refractivity contribution in [2.24, 2.45) is 70.5 Å². The van der Waals surface area contributed by atoms with Gasteiger partial charge in [0.25, 0.3) is 0 Å². The van der Waals surface area contributed by atoms with Gasteiger partial charge in [0.2, 0.25) is 0 Å². The molecule has 0 heterocycles. The second kappa shape index (κ2) is 14.3. The summed E-state index contributed by atoms with van der Waals surface area (Å²) in [7, 11) is 0. The zero-order valence-electron chi connectivity index (χ0n) is 42.4. The number of fused-ring (bicyclic) bond motifs is 3. The molecule has 18 rings (SSSR count). The first kappa shape index (κ1) is 41.5. The Hall–Kier alpha value is -4.16. The van der Waals surface area contributed by atoms with Crippen LogP contribution in [0.5, 0.6) is 0 Å². The van der Waals surface area contributed by atoms with Crippen molar-refractivity contribution < 1.29 is 0 Å². The summed E-state index contributed by atoms with van der Waals surface area (Å²) < 4.78 is 0. The standard InChI is InChI=1S/C69H76/c1-38(2)55-14-10-50-28-53(68-32-41-19-42(33-68)21-43(20-41)34-68)27-49-8-7-48(65(55)63(49)50)25-40-6-13-57-58-16-9-47(31-62(58)67(4,5)61(57)26-40)60-18-39(3)56-15-11-51-29-54(30-52-12-17-59(60)66(56)64(51)52)69-35-44-22-45(36-69)24-46(23-44)37-69/h7-8,10-12,14-15,17-18,25,27-30,40-47,57-58,61-62H,1,6,9,13,16,19-24,26,31-37H2,2-5H3/b48-25+/t40?,41?,42?,43?,44?,45?,46?,47-,57+,58-,61+,62-,68?,69?/m0/s1. The lowest BCUT2D eigenvalue weighted by atomic mass is 9.48. The first-order valence-electron chi connectivity index (χ1n) is 28.9. The lowest BCUT2D eigenvalue weighted by Gasteiger charge is -2.57. The summed E-state index contributed by atoms with van der Waals surface area (Å²) in [6, 6.07) is 33.5. The van der Waals surface area contributed by atoms with Crippen molar-refractivity contribution in [1.29, 1.82) is 0 Å². The van der Waals surface area contributed by atoms with Crippen molar-refractivity contribution in [1.82, 2.24) is 0 Å². The molecule has 0 nitrogen and oxygen atoms in total. The monoisotopic (exact) mass is 905 g/mol. The Morgan fingerprint density at radius 3 is 1.54 bits per heavy atom. The first-order valence-corrected chi connectivity index (χ1v) is 28.9. The second-order valence-corrected chi connectivity index (χ2v) is 27.9. The van der Waals surface area contributed by atoms with E-state index in [-0.39, 0.29) is 0 Å². The molecule has 0 saturated heterocycles. The Kier molecular flexibility index (Phi) is 8.58. The van der Waals surface area contributed by atoms with E-state index in [0.717, 1.165) is 59.2 Å². The largest absolute Gasteiger partial charge is 0.0955 e. The number of hydrogen-bond donors (Lipinski definition) is 0. The lowest BCUT2D eigenvalue weighted by molar-refractivity contribution is -0.00520. The van der Waals surface area contributed by atoms with Crippen LogP contribution >= 0.6 is 0 Å². The van der Waals surface area contributed by atoms with Crippen LogP contribution < -0.4 is 5.22 Å². The SMILES string of the molecule is C=C(C)c1ccc2cc(C34CC5CC(CC(C5)C3)C4)cc3cc/c(=C\C4CC[C@@H]5[C@@H]6CC[C@H](c7cc(C)c8ccc9cc(C%10%11CC%12CC(CC(C%12)C%10)C%11)cc%10ccc7c8c9%10)C[C@@H]6C(C)(C)[C@@H]5C4)c1c23. The molecule has 0 spiro atoms. The smallest absolute Gasteiger partial charge is 0.00213 e. The van der Waals surface area contributed by atoms with Crippen molar-refractivity contribution in [3.63, 3.8) is 0 Å². The van der Waals surface area contributed by atoms with Gasteiger partial charge in [-0.15, -0.1) is 0 Å². The van der Waals surface area contributed by atoms with Gasteiger partial charge >= 0.3 is 0 Å². The minimum Gasteiger partial charge on any atom is -0.0955 e. The van der Waals surface area contributed by atoms with E-state index < -0.39 is 0 Å². The van der Waals surface area contributed by atoms with Gasteiger partial charge in [-0.1, -0.05) is 111 Å². The molecule has 0 aromatic heterocycles. The highest BCUT2D eigenvalue weighted by atomic mass is 14.6. The van der Waals surface area contributed by atoms with Gasteiger partial charge in [0.15, 0.2) is 0 Å². The molecule has 0 amide bonds. The van der Waals surface area contributed by atoms with Crippen molar-refractivity contribution in [3.05, 3.63) is 118 Å². The number of hydrogen-bond acceptors (Lipinski definition) is 0. The highest BCUT2D eigenvalue weighted by Crippen LogP contribution is 2.67. The zero-order valence-corrected chi connectivity index (χ0v) is 42.4. The number of rotatable bonds is 5. The third kappa shape index (κ3) is 5.88. The van der Waals surface area contributed by atoms with Crippen LogP contribution in [-0.2, 0) is 10.8 Å². The van der Waals surface area contributed by atoms with Gasteiger partial charge in [0.1, 0.15) is 0 Å². The van der Waals surface area contributed by atoms with Gasteiger partial charge in [0.05, 0.1) is 0 Å². The summed E-state index contributed by atoms with van der Waals surface area (Å²) in [6.07, 6.45) is 28.7. The van der Waals surface area contributed by atoms with Crippen LogP contribution in [0.2, 0.25) is 0 Å². The van der Waals surface area contributed by atoms with E-state index in [1.807, 2.05) is 0 Å². The Bertz CT molecular complexity index is 3260. The second-order valence-electron chi connectivity index (χ2n) is 27.9. The average molecular weight is 905 g/mol. The molecule has 352 valence electrons. The molecule has 7 aromatic rings. The summed E-state index contributed by atoms with van der Waals surface area (Å²) in [5.41, 5.74) is 10.3. The van der Waals surface area contributed by atoms with E-state index in [9.17, 15) is 0 Å². The fourth-order valence-corrected chi connectivity index (χ4v) is 21.8. The fraction of sp³-hybridized carbons (Fsp3) is 0.536. The van der Waals surface area contributed by atoms with E-state index in [0.29, 0.717) is 28.1 Å². The molecule has 8 bridgehead atoms.